The normalized spacial score (nSPS) is 12.8. The standard InChI is InChI=1S/2C52H34N4/c1-5-18-35(19-6-1)49-53-50(36-20-7-2-8-21-36)55-51(54-49)37-22-17-27-40(34-37)56-45-31-16-14-29-42(45)48-46(56)33-32-44-47(48)41-28-13-15-30-43(41)52(44,38-23-9-3-10-24-38)39-25-11-4-12-26-39;1-5-17-35(18-6-1)49-53-50(36-19-7-2-8-20-36)55-51(54-49)37-29-31-40(32-30-37)56-45-28-16-14-26-42(45)48-46(56)34-33-44-47(48)41-25-13-15-27-43(41)52(44,38-21-9-3-10-22-38)39-23-11-4-12-24-39/h2*1-34H. The lowest BCUT2D eigenvalue weighted by molar-refractivity contribution is 0.769. The Balaban J connectivity index is 0.000000141. The van der Waals surface area contributed by atoms with Gasteiger partial charge in [-0.3, -0.25) is 0 Å². The van der Waals surface area contributed by atoms with Crippen LogP contribution in [-0.2, 0) is 10.8 Å². The Morgan fingerprint density at radius 3 is 0.839 bits per heavy atom. The van der Waals surface area contributed by atoms with E-state index in [4.69, 9.17) is 29.9 Å². The summed E-state index contributed by atoms with van der Waals surface area (Å²) in [6.07, 6.45) is 0. The van der Waals surface area contributed by atoms with Crippen molar-refractivity contribution in [2.24, 2.45) is 0 Å². The van der Waals surface area contributed by atoms with E-state index >= 15 is 0 Å². The molecule has 20 aromatic rings. The van der Waals surface area contributed by atoms with Crippen LogP contribution in [0, 0.1) is 0 Å². The topological polar surface area (TPSA) is 87.2 Å². The molecule has 4 aromatic heterocycles. The van der Waals surface area contributed by atoms with Crippen LogP contribution in [0.3, 0.4) is 0 Å². The van der Waals surface area contributed by atoms with E-state index < -0.39 is 10.8 Å². The van der Waals surface area contributed by atoms with E-state index in [9.17, 15) is 0 Å². The van der Waals surface area contributed by atoms with Gasteiger partial charge in [-0.2, -0.15) is 0 Å². The largest absolute Gasteiger partial charge is 0.309 e. The molecule has 8 nitrogen and oxygen atoms in total. The molecule has 2 aliphatic rings. The molecular formula is C104H68N8. The molecule has 4 heterocycles. The smallest absolute Gasteiger partial charge is 0.164 e. The summed E-state index contributed by atoms with van der Waals surface area (Å²) < 4.78 is 4.81. The minimum absolute atomic E-state index is 0.463. The van der Waals surface area contributed by atoms with E-state index in [0.29, 0.717) is 34.9 Å². The van der Waals surface area contributed by atoms with Gasteiger partial charge >= 0.3 is 0 Å². The Morgan fingerprint density at radius 2 is 0.473 bits per heavy atom. The second kappa shape index (κ2) is 27.1. The van der Waals surface area contributed by atoms with E-state index in [1.807, 2.05) is 121 Å². The molecule has 0 amide bonds. The number of aromatic nitrogens is 8. The third-order valence-electron chi connectivity index (χ3n) is 22.7. The molecular weight excluding hydrogens is 1360 g/mol. The molecule has 8 heteroatoms. The summed E-state index contributed by atoms with van der Waals surface area (Å²) in [5, 5.41) is 4.96. The second-order valence-electron chi connectivity index (χ2n) is 28.7. The lowest BCUT2D eigenvalue weighted by Gasteiger charge is -2.33. The first-order valence-electron chi connectivity index (χ1n) is 38.1. The molecule has 0 saturated carbocycles. The van der Waals surface area contributed by atoms with Crippen LogP contribution < -0.4 is 0 Å². The molecule has 0 saturated heterocycles. The molecule has 0 aliphatic heterocycles. The fraction of sp³-hybridized carbons (Fsp3) is 0.0192. The molecule has 0 spiro atoms. The first kappa shape index (κ1) is 65.4. The first-order valence-corrected chi connectivity index (χ1v) is 38.1. The van der Waals surface area contributed by atoms with Gasteiger partial charge in [-0.1, -0.05) is 352 Å². The van der Waals surface area contributed by atoms with Gasteiger partial charge in [0.1, 0.15) is 0 Å². The van der Waals surface area contributed by atoms with Gasteiger partial charge in [0, 0.05) is 66.3 Å². The number of hydrogen-bond acceptors (Lipinski definition) is 6. The molecule has 16 aromatic carbocycles. The molecule has 0 atom stereocenters. The number of rotatable bonds is 12. The van der Waals surface area contributed by atoms with Crippen molar-refractivity contribution in [1.29, 1.82) is 0 Å². The molecule has 0 fully saturated rings. The monoisotopic (exact) mass is 1430 g/mol. The SMILES string of the molecule is c1ccc(-c2nc(-c3ccccc3)nc(-c3ccc(-n4c5ccccc5c5c6c(ccc54)C(c4ccccc4)(c4ccccc4)c4ccccc4-6)cc3)n2)cc1.c1ccc(-c2nc(-c3ccccc3)nc(-c3cccc(-n4c5ccccc5c5c6c(ccc54)C(c4ccccc4)(c4ccccc4)c4ccccc4-6)c3)n2)cc1. The average molecular weight is 1430 g/mol. The first-order chi connectivity index (χ1) is 55.6. The minimum Gasteiger partial charge on any atom is -0.309 e. The highest BCUT2D eigenvalue weighted by Crippen LogP contribution is 2.61. The predicted octanol–water partition coefficient (Wildman–Crippen LogP) is 24.7. The van der Waals surface area contributed by atoms with Crippen molar-refractivity contribution in [3.8, 4) is 102 Å². The maximum absolute atomic E-state index is 5.06. The fourth-order valence-corrected chi connectivity index (χ4v) is 18.0. The molecule has 0 bridgehead atoms. The van der Waals surface area contributed by atoms with Crippen LogP contribution in [0.4, 0.5) is 0 Å². The zero-order valence-corrected chi connectivity index (χ0v) is 60.8. The lowest BCUT2D eigenvalue weighted by Crippen LogP contribution is -2.28. The average Bonchev–Trinajstić information content (AvgIpc) is 1.53. The van der Waals surface area contributed by atoms with Gasteiger partial charge in [-0.05, 0) is 127 Å². The Bertz CT molecular complexity index is 6760. The Kier molecular flexibility index (Phi) is 15.8. The molecule has 112 heavy (non-hydrogen) atoms. The van der Waals surface area contributed by atoms with Gasteiger partial charge in [0.2, 0.25) is 0 Å². The summed E-state index contributed by atoms with van der Waals surface area (Å²) >= 11 is 0. The summed E-state index contributed by atoms with van der Waals surface area (Å²) in [5.41, 5.74) is 26.8. The Hall–Kier alpha value is -14.9. The molecule has 0 N–H and O–H groups in total. The van der Waals surface area contributed by atoms with Crippen molar-refractivity contribution in [3.05, 3.63) is 457 Å². The summed E-state index contributed by atoms with van der Waals surface area (Å²) in [5.74, 6) is 3.86. The molecule has 0 unspecified atom stereocenters. The highest BCUT2D eigenvalue weighted by Gasteiger charge is 2.49. The van der Waals surface area contributed by atoms with Crippen LogP contribution in [0.5, 0.6) is 0 Å². The van der Waals surface area contributed by atoms with Crippen molar-refractivity contribution in [2.75, 3.05) is 0 Å². The van der Waals surface area contributed by atoms with Crippen LogP contribution in [0.2, 0.25) is 0 Å². The van der Waals surface area contributed by atoms with Gasteiger partial charge in [0.25, 0.3) is 0 Å². The van der Waals surface area contributed by atoms with E-state index in [2.05, 4.69) is 300 Å². The van der Waals surface area contributed by atoms with Crippen LogP contribution in [0.1, 0.15) is 44.5 Å². The molecule has 0 radical (unpaired) electrons. The number of nitrogens with zero attached hydrogens (tertiary/aromatic N) is 8. The zero-order chi connectivity index (χ0) is 74.1. The van der Waals surface area contributed by atoms with Gasteiger partial charge in [-0.25, -0.2) is 29.9 Å². The number of para-hydroxylation sites is 2. The second-order valence-corrected chi connectivity index (χ2v) is 28.7. The van der Waals surface area contributed by atoms with Crippen LogP contribution in [0.15, 0.2) is 413 Å². The summed E-state index contributed by atoms with van der Waals surface area (Å²) in [7, 11) is 0. The predicted molar refractivity (Wildman–Crippen MR) is 456 cm³/mol. The summed E-state index contributed by atoms with van der Waals surface area (Å²) in [6, 6.07) is 147. The van der Waals surface area contributed by atoms with Crippen molar-refractivity contribution in [1.82, 2.24) is 39.0 Å². The molecule has 2 aliphatic carbocycles. The van der Waals surface area contributed by atoms with E-state index in [1.54, 1.807) is 0 Å². The van der Waals surface area contributed by atoms with Gasteiger partial charge in [-0.15, -0.1) is 0 Å². The van der Waals surface area contributed by atoms with Gasteiger partial charge < -0.3 is 9.13 Å². The summed E-state index contributed by atoms with van der Waals surface area (Å²) in [6.45, 7) is 0. The van der Waals surface area contributed by atoms with Crippen molar-refractivity contribution >= 4 is 43.6 Å². The van der Waals surface area contributed by atoms with Crippen LogP contribution in [0.25, 0.3) is 146 Å². The maximum Gasteiger partial charge on any atom is 0.164 e. The van der Waals surface area contributed by atoms with Crippen molar-refractivity contribution < 1.29 is 0 Å². The lowest BCUT2D eigenvalue weighted by atomic mass is 9.67. The highest BCUT2D eigenvalue weighted by molar-refractivity contribution is 6.20. The van der Waals surface area contributed by atoms with Crippen molar-refractivity contribution in [3.63, 3.8) is 0 Å². The number of fused-ring (bicyclic) bond motifs is 14. The van der Waals surface area contributed by atoms with Gasteiger partial charge in [0.05, 0.1) is 32.9 Å². The quantitative estimate of drug-likeness (QED) is 0.121. The van der Waals surface area contributed by atoms with E-state index in [1.165, 1.54) is 93.8 Å². The third kappa shape index (κ3) is 10.5. The van der Waals surface area contributed by atoms with Crippen molar-refractivity contribution in [2.45, 2.75) is 10.8 Å². The van der Waals surface area contributed by atoms with Gasteiger partial charge in [0.15, 0.2) is 34.9 Å². The number of benzene rings is 16. The zero-order valence-electron chi connectivity index (χ0n) is 60.8. The number of hydrogen-bond donors (Lipinski definition) is 0. The minimum atomic E-state index is -0.475. The Morgan fingerprint density at radius 1 is 0.188 bits per heavy atom. The van der Waals surface area contributed by atoms with E-state index in [0.717, 1.165) is 61.3 Å². The molecule has 22 rings (SSSR count). The molecule has 524 valence electrons. The maximum atomic E-state index is 5.06. The van der Waals surface area contributed by atoms with Crippen LogP contribution in [-0.4, -0.2) is 39.0 Å². The summed E-state index contributed by atoms with van der Waals surface area (Å²) in [4.78, 5) is 29.9. The van der Waals surface area contributed by atoms with Crippen LogP contribution >= 0.6 is 0 Å². The Labute approximate surface area is 648 Å². The fourth-order valence-electron chi connectivity index (χ4n) is 18.0. The highest BCUT2D eigenvalue weighted by atomic mass is 15.1. The third-order valence-corrected chi connectivity index (χ3v) is 22.7. The van der Waals surface area contributed by atoms with E-state index in [-0.39, 0.29) is 0 Å².